The van der Waals surface area contributed by atoms with Crippen molar-refractivity contribution in [1.29, 1.82) is 0 Å². The van der Waals surface area contributed by atoms with E-state index in [1.807, 2.05) is 42.6 Å². The van der Waals surface area contributed by atoms with Gasteiger partial charge in [0, 0.05) is 40.4 Å². The van der Waals surface area contributed by atoms with Crippen molar-refractivity contribution in [2.75, 3.05) is 0 Å². The van der Waals surface area contributed by atoms with E-state index >= 15 is 0 Å². The Kier molecular flexibility index (Phi) is 4.08. The largest absolute Gasteiger partial charge is 0.316 e. The van der Waals surface area contributed by atoms with Gasteiger partial charge in [0.2, 0.25) is 0 Å². The molecule has 122 valence electrons. The molecule has 0 saturated heterocycles. The topological polar surface area (TPSA) is 17.8 Å². The maximum atomic E-state index is 13.3. The molecule has 0 N–H and O–H groups in total. The van der Waals surface area contributed by atoms with Crippen molar-refractivity contribution in [3.05, 3.63) is 96.2 Å². The van der Waals surface area contributed by atoms with Crippen molar-refractivity contribution < 1.29 is 4.39 Å². The summed E-state index contributed by atoms with van der Waals surface area (Å²) in [5, 5.41) is 0.705. The Hall–Kier alpha value is -2.91. The zero-order valence-corrected chi connectivity index (χ0v) is 14.0. The molecule has 0 bridgehead atoms. The molecule has 0 aliphatic carbocycles. The van der Waals surface area contributed by atoms with Crippen molar-refractivity contribution in [2.45, 2.75) is 0 Å². The van der Waals surface area contributed by atoms with Crippen LogP contribution < -0.4 is 0 Å². The number of hydrogen-bond acceptors (Lipinski definition) is 1. The lowest BCUT2D eigenvalue weighted by molar-refractivity contribution is 0.627. The first-order chi connectivity index (χ1) is 12.2. The normalized spacial score (nSPS) is 10.8. The Labute approximate surface area is 150 Å². The van der Waals surface area contributed by atoms with Gasteiger partial charge in [0.05, 0.1) is 5.69 Å². The van der Waals surface area contributed by atoms with Crippen LogP contribution in [0.25, 0.3) is 28.1 Å². The monoisotopic (exact) mass is 348 g/mol. The SMILES string of the molecule is Fc1ccc(-n2cc(-c3ccc(Cl)cc3)cc2-c2ccncc2)cc1. The van der Waals surface area contributed by atoms with E-state index in [1.165, 1.54) is 12.1 Å². The standard InChI is InChI=1S/C21H14ClFN2/c22-18-3-1-15(2-4-18)17-13-21(16-9-11-24-12-10-16)25(14-17)20-7-5-19(23)6-8-20/h1-14H. The summed E-state index contributed by atoms with van der Waals surface area (Å²) < 4.78 is 15.4. The average Bonchev–Trinajstić information content (AvgIpc) is 3.09. The zero-order valence-electron chi connectivity index (χ0n) is 13.2. The van der Waals surface area contributed by atoms with Gasteiger partial charge in [-0.2, -0.15) is 0 Å². The molecule has 25 heavy (non-hydrogen) atoms. The molecule has 4 heteroatoms. The number of halogens is 2. The number of nitrogens with zero attached hydrogens (tertiary/aromatic N) is 2. The smallest absolute Gasteiger partial charge is 0.123 e. The zero-order chi connectivity index (χ0) is 17.2. The lowest BCUT2D eigenvalue weighted by Crippen LogP contribution is -1.95. The van der Waals surface area contributed by atoms with Crippen molar-refractivity contribution in [2.24, 2.45) is 0 Å². The van der Waals surface area contributed by atoms with Gasteiger partial charge in [-0.3, -0.25) is 4.98 Å². The Morgan fingerprint density at radius 2 is 1.44 bits per heavy atom. The minimum atomic E-state index is -0.251. The highest BCUT2D eigenvalue weighted by molar-refractivity contribution is 6.30. The van der Waals surface area contributed by atoms with Crippen molar-refractivity contribution in [3.8, 4) is 28.1 Å². The fraction of sp³-hybridized carbons (Fsp3) is 0. The summed E-state index contributed by atoms with van der Waals surface area (Å²) in [6, 6.07) is 20.2. The second-order valence-corrected chi connectivity index (χ2v) is 6.14. The quantitative estimate of drug-likeness (QED) is 0.444. The minimum absolute atomic E-state index is 0.251. The Morgan fingerprint density at radius 1 is 0.760 bits per heavy atom. The highest BCUT2D eigenvalue weighted by atomic mass is 35.5. The summed E-state index contributed by atoms with van der Waals surface area (Å²) in [7, 11) is 0. The van der Waals surface area contributed by atoms with Crippen LogP contribution >= 0.6 is 11.6 Å². The van der Waals surface area contributed by atoms with E-state index in [1.54, 1.807) is 24.5 Å². The number of rotatable bonds is 3. The Bertz CT molecular complexity index is 991. The van der Waals surface area contributed by atoms with Crippen LogP contribution in [0.5, 0.6) is 0 Å². The lowest BCUT2D eigenvalue weighted by Gasteiger charge is -2.09. The Balaban J connectivity index is 1.89. The van der Waals surface area contributed by atoms with Crippen molar-refractivity contribution in [3.63, 3.8) is 0 Å². The molecule has 4 rings (SSSR count). The van der Waals surface area contributed by atoms with Crippen LogP contribution in [0.15, 0.2) is 85.3 Å². The molecule has 2 nitrogen and oxygen atoms in total. The van der Waals surface area contributed by atoms with Gasteiger partial charge in [-0.1, -0.05) is 23.7 Å². The summed E-state index contributed by atoms with van der Waals surface area (Å²) in [4.78, 5) is 4.09. The van der Waals surface area contributed by atoms with Crippen molar-refractivity contribution in [1.82, 2.24) is 9.55 Å². The number of aromatic nitrogens is 2. The highest BCUT2D eigenvalue weighted by Crippen LogP contribution is 2.31. The average molecular weight is 349 g/mol. The van der Waals surface area contributed by atoms with Gasteiger partial charge in [0.15, 0.2) is 0 Å². The van der Waals surface area contributed by atoms with E-state index in [-0.39, 0.29) is 5.82 Å². The van der Waals surface area contributed by atoms with E-state index < -0.39 is 0 Å². The van der Waals surface area contributed by atoms with Crippen LogP contribution in [-0.4, -0.2) is 9.55 Å². The van der Waals surface area contributed by atoms with Gasteiger partial charge in [-0.25, -0.2) is 4.39 Å². The number of benzene rings is 2. The van der Waals surface area contributed by atoms with Gasteiger partial charge < -0.3 is 4.57 Å². The minimum Gasteiger partial charge on any atom is -0.316 e. The summed E-state index contributed by atoms with van der Waals surface area (Å²) in [6.45, 7) is 0. The lowest BCUT2D eigenvalue weighted by atomic mass is 10.1. The van der Waals surface area contributed by atoms with Gasteiger partial charge in [-0.05, 0) is 60.2 Å². The molecule has 0 saturated carbocycles. The molecule has 0 unspecified atom stereocenters. The molecule has 0 atom stereocenters. The number of hydrogen-bond donors (Lipinski definition) is 0. The molecule has 2 aromatic carbocycles. The summed E-state index contributed by atoms with van der Waals surface area (Å²) in [5.74, 6) is -0.251. The second kappa shape index (κ2) is 6.54. The van der Waals surface area contributed by atoms with Crippen LogP contribution in [0, 0.1) is 5.82 Å². The molecular formula is C21H14ClFN2. The summed E-state index contributed by atoms with van der Waals surface area (Å²) in [6.07, 6.45) is 5.57. The number of pyridine rings is 1. The molecule has 2 aromatic heterocycles. The third kappa shape index (κ3) is 3.19. The van der Waals surface area contributed by atoms with Crippen LogP contribution in [0.3, 0.4) is 0 Å². The van der Waals surface area contributed by atoms with Gasteiger partial charge >= 0.3 is 0 Å². The molecule has 0 fully saturated rings. The van der Waals surface area contributed by atoms with Crippen LogP contribution in [0.4, 0.5) is 4.39 Å². The Morgan fingerprint density at radius 3 is 2.12 bits per heavy atom. The predicted octanol–water partition coefficient (Wildman–Crippen LogP) is 6.00. The van der Waals surface area contributed by atoms with Crippen LogP contribution in [0.2, 0.25) is 5.02 Å². The first-order valence-electron chi connectivity index (χ1n) is 7.85. The van der Waals surface area contributed by atoms with E-state index in [9.17, 15) is 4.39 Å². The molecular weight excluding hydrogens is 335 g/mol. The maximum Gasteiger partial charge on any atom is 0.123 e. The van der Waals surface area contributed by atoms with E-state index in [4.69, 9.17) is 11.6 Å². The van der Waals surface area contributed by atoms with Gasteiger partial charge in [-0.15, -0.1) is 0 Å². The van der Waals surface area contributed by atoms with E-state index in [0.29, 0.717) is 5.02 Å². The van der Waals surface area contributed by atoms with Crippen LogP contribution in [0.1, 0.15) is 0 Å². The van der Waals surface area contributed by atoms with E-state index in [0.717, 1.165) is 28.1 Å². The van der Waals surface area contributed by atoms with Crippen molar-refractivity contribution >= 4 is 11.6 Å². The van der Waals surface area contributed by atoms with Gasteiger partial charge in [0.1, 0.15) is 5.82 Å². The third-order valence-corrected chi connectivity index (χ3v) is 4.33. The predicted molar refractivity (Wildman–Crippen MR) is 99.4 cm³/mol. The fourth-order valence-electron chi connectivity index (χ4n) is 2.82. The molecule has 0 aliphatic rings. The molecule has 4 aromatic rings. The summed E-state index contributed by atoms with van der Waals surface area (Å²) in [5.41, 5.74) is 5.08. The fourth-order valence-corrected chi connectivity index (χ4v) is 2.95. The molecule has 2 heterocycles. The van der Waals surface area contributed by atoms with Crippen LogP contribution in [-0.2, 0) is 0 Å². The van der Waals surface area contributed by atoms with E-state index in [2.05, 4.69) is 15.6 Å². The molecule has 0 amide bonds. The van der Waals surface area contributed by atoms with Gasteiger partial charge in [0.25, 0.3) is 0 Å². The molecule has 0 aliphatic heterocycles. The molecule has 0 radical (unpaired) electrons. The third-order valence-electron chi connectivity index (χ3n) is 4.08. The molecule has 0 spiro atoms. The summed E-state index contributed by atoms with van der Waals surface area (Å²) >= 11 is 5.99. The second-order valence-electron chi connectivity index (χ2n) is 5.70. The first kappa shape index (κ1) is 15.6. The first-order valence-corrected chi connectivity index (χ1v) is 8.23. The highest BCUT2D eigenvalue weighted by Gasteiger charge is 2.11. The maximum absolute atomic E-state index is 13.3.